The van der Waals surface area contributed by atoms with E-state index in [1.54, 1.807) is 0 Å². The monoisotopic (exact) mass is 273 g/mol. The molecule has 0 aliphatic heterocycles. The maximum absolute atomic E-state index is 4.77. The first-order valence-electron chi connectivity index (χ1n) is 7.79. The van der Waals surface area contributed by atoms with Crippen molar-refractivity contribution in [2.24, 2.45) is 5.92 Å². The Morgan fingerprint density at radius 3 is 2.65 bits per heavy atom. The van der Waals surface area contributed by atoms with Crippen LogP contribution in [-0.4, -0.2) is 22.4 Å². The third-order valence-corrected chi connectivity index (χ3v) is 3.78. The Labute approximate surface area is 122 Å². The highest BCUT2D eigenvalue weighted by atomic mass is 15.3. The van der Waals surface area contributed by atoms with Crippen molar-refractivity contribution in [2.45, 2.75) is 53.1 Å². The normalized spacial score (nSPS) is 13.2. The SMILES string of the molecule is CCn1nc(CCC(C)CNC(C)C)c2ccccc21. The molecule has 1 unspecified atom stereocenters. The van der Waals surface area contributed by atoms with Crippen LogP contribution >= 0.6 is 0 Å². The van der Waals surface area contributed by atoms with Crippen molar-refractivity contribution in [1.82, 2.24) is 15.1 Å². The summed E-state index contributed by atoms with van der Waals surface area (Å²) in [4.78, 5) is 0. The molecule has 0 saturated carbocycles. The van der Waals surface area contributed by atoms with Crippen LogP contribution < -0.4 is 5.32 Å². The van der Waals surface area contributed by atoms with Crippen molar-refractivity contribution < 1.29 is 0 Å². The van der Waals surface area contributed by atoms with Gasteiger partial charge < -0.3 is 5.32 Å². The van der Waals surface area contributed by atoms with Crippen LogP contribution in [0.2, 0.25) is 0 Å². The number of aryl methyl sites for hydroxylation is 2. The van der Waals surface area contributed by atoms with Crippen LogP contribution in [0.5, 0.6) is 0 Å². The highest BCUT2D eigenvalue weighted by Crippen LogP contribution is 2.20. The van der Waals surface area contributed by atoms with Crippen LogP contribution in [0.25, 0.3) is 10.9 Å². The van der Waals surface area contributed by atoms with Crippen molar-refractivity contribution in [3.63, 3.8) is 0 Å². The van der Waals surface area contributed by atoms with Crippen molar-refractivity contribution in [3.8, 4) is 0 Å². The van der Waals surface area contributed by atoms with E-state index in [0.717, 1.165) is 19.5 Å². The van der Waals surface area contributed by atoms with Gasteiger partial charge in [-0.05, 0) is 38.3 Å². The summed E-state index contributed by atoms with van der Waals surface area (Å²) in [6, 6.07) is 9.13. The van der Waals surface area contributed by atoms with E-state index in [4.69, 9.17) is 5.10 Å². The first-order chi connectivity index (χ1) is 9.61. The molecule has 2 rings (SSSR count). The minimum atomic E-state index is 0.567. The van der Waals surface area contributed by atoms with E-state index in [1.807, 2.05) is 0 Å². The van der Waals surface area contributed by atoms with Crippen molar-refractivity contribution in [2.75, 3.05) is 6.54 Å². The topological polar surface area (TPSA) is 29.9 Å². The van der Waals surface area contributed by atoms with Crippen LogP contribution in [-0.2, 0) is 13.0 Å². The zero-order chi connectivity index (χ0) is 14.5. The van der Waals surface area contributed by atoms with Gasteiger partial charge >= 0.3 is 0 Å². The molecule has 0 aliphatic rings. The van der Waals surface area contributed by atoms with E-state index in [1.165, 1.54) is 23.0 Å². The summed E-state index contributed by atoms with van der Waals surface area (Å²) in [6.45, 7) is 10.9. The minimum Gasteiger partial charge on any atom is -0.314 e. The van der Waals surface area contributed by atoms with Gasteiger partial charge in [0.25, 0.3) is 0 Å². The average Bonchev–Trinajstić information content (AvgIpc) is 2.81. The molecule has 0 amide bonds. The Morgan fingerprint density at radius 2 is 1.95 bits per heavy atom. The number of fused-ring (bicyclic) bond motifs is 1. The number of hydrogen-bond donors (Lipinski definition) is 1. The number of benzene rings is 1. The molecule has 0 bridgehead atoms. The van der Waals surface area contributed by atoms with Crippen LogP contribution in [0.4, 0.5) is 0 Å². The summed E-state index contributed by atoms with van der Waals surface area (Å²) in [5.41, 5.74) is 2.51. The highest BCUT2D eigenvalue weighted by molar-refractivity contribution is 5.81. The molecule has 1 aromatic heterocycles. The number of aromatic nitrogens is 2. The van der Waals surface area contributed by atoms with Gasteiger partial charge in [-0.25, -0.2) is 0 Å². The summed E-state index contributed by atoms with van der Waals surface area (Å²) in [6.07, 6.45) is 2.25. The molecule has 1 N–H and O–H groups in total. The van der Waals surface area contributed by atoms with Gasteiger partial charge in [-0.2, -0.15) is 5.10 Å². The van der Waals surface area contributed by atoms with Crippen molar-refractivity contribution in [3.05, 3.63) is 30.0 Å². The molecular formula is C17H27N3. The quantitative estimate of drug-likeness (QED) is 0.835. The molecule has 1 aromatic carbocycles. The molecule has 0 spiro atoms. The summed E-state index contributed by atoms with van der Waals surface area (Å²) in [7, 11) is 0. The molecule has 2 aromatic rings. The average molecular weight is 273 g/mol. The Bertz CT molecular complexity index is 542. The molecule has 3 nitrogen and oxygen atoms in total. The maximum atomic E-state index is 4.77. The van der Waals surface area contributed by atoms with E-state index < -0.39 is 0 Å². The van der Waals surface area contributed by atoms with E-state index in [9.17, 15) is 0 Å². The summed E-state index contributed by atoms with van der Waals surface area (Å²) in [5.74, 6) is 0.683. The molecule has 0 fully saturated rings. The minimum absolute atomic E-state index is 0.567. The van der Waals surface area contributed by atoms with Crippen LogP contribution in [0, 0.1) is 5.92 Å². The predicted octanol–water partition coefficient (Wildman–Crippen LogP) is 3.62. The summed E-state index contributed by atoms with van der Waals surface area (Å²) in [5, 5.41) is 9.60. The van der Waals surface area contributed by atoms with Gasteiger partial charge in [-0.15, -0.1) is 0 Å². The maximum Gasteiger partial charge on any atom is 0.0703 e. The van der Waals surface area contributed by atoms with E-state index in [-0.39, 0.29) is 0 Å². The lowest BCUT2D eigenvalue weighted by Crippen LogP contribution is -2.28. The van der Waals surface area contributed by atoms with Crippen molar-refractivity contribution in [1.29, 1.82) is 0 Å². The standard InChI is InChI=1S/C17H27N3/c1-5-20-17-9-7-6-8-15(17)16(19-20)11-10-14(4)12-18-13(2)3/h6-9,13-14,18H,5,10-12H2,1-4H3. The molecule has 0 aliphatic carbocycles. The second kappa shape index (κ2) is 6.89. The Morgan fingerprint density at radius 1 is 1.20 bits per heavy atom. The Kier molecular flexibility index (Phi) is 5.18. The molecule has 1 heterocycles. The molecule has 110 valence electrons. The lowest BCUT2D eigenvalue weighted by Gasteiger charge is -2.14. The summed E-state index contributed by atoms with van der Waals surface area (Å²) >= 11 is 0. The molecule has 0 radical (unpaired) electrons. The fourth-order valence-corrected chi connectivity index (χ4v) is 2.54. The number of rotatable bonds is 7. The van der Waals surface area contributed by atoms with E-state index in [0.29, 0.717) is 12.0 Å². The Hall–Kier alpha value is -1.35. The second-order valence-electron chi connectivity index (χ2n) is 5.99. The number of nitrogens with zero attached hydrogens (tertiary/aromatic N) is 2. The van der Waals surface area contributed by atoms with Gasteiger partial charge in [0.15, 0.2) is 0 Å². The first kappa shape index (κ1) is 15.0. The first-order valence-corrected chi connectivity index (χ1v) is 7.79. The van der Waals surface area contributed by atoms with Gasteiger partial charge in [-0.1, -0.05) is 39.0 Å². The van der Waals surface area contributed by atoms with Crippen molar-refractivity contribution >= 4 is 10.9 Å². The van der Waals surface area contributed by atoms with Crippen LogP contribution in [0.15, 0.2) is 24.3 Å². The smallest absolute Gasteiger partial charge is 0.0703 e. The second-order valence-corrected chi connectivity index (χ2v) is 5.99. The number of hydrogen-bond acceptors (Lipinski definition) is 2. The van der Waals surface area contributed by atoms with Gasteiger partial charge in [0, 0.05) is 18.0 Å². The number of nitrogens with one attached hydrogen (secondary N) is 1. The number of para-hydroxylation sites is 1. The van der Waals surface area contributed by atoms with Gasteiger partial charge in [0.2, 0.25) is 0 Å². The highest BCUT2D eigenvalue weighted by Gasteiger charge is 2.11. The molecular weight excluding hydrogens is 246 g/mol. The molecule has 20 heavy (non-hydrogen) atoms. The molecule has 0 saturated heterocycles. The Balaban J connectivity index is 2.03. The van der Waals surface area contributed by atoms with Crippen LogP contribution in [0.3, 0.4) is 0 Å². The third-order valence-electron chi connectivity index (χ3n) is 3.78. The van der Waals surface area contributed by atoms with E-state index in [2.05, 4.69) is 62.0 Å². The molecule has 3 heteroatoms. The lowest BCUT2D eigenvalue weighted by molar-refractivity contribution is 0.451. The third kappa shape index (κ3) is 3.60. The largest absolute Gasteiger partial charge is 0.314 e. The fourth-order valence-electron chi connectivity index (χ4n) is 2.54. The lowest BCUT2D eigenvalue weighted by atomic mass is 10.0. The van der Waals surface area contributed by atoms with E-state index >= 15 is 0 Å². The molecule has 1 atom stereocenters. The fraction of sp³-hybridized carbons (Fsp3) is 0.588. The summed E-state index contributed by atoms with van der Waals surface area (Å²) < 4.78 is 2.11. The van der Waals surface area contributed by atoms with Crippen LogP contribution in [0.1, 0.15) is 39.8 Å². The zero-order valence-electron chi connectivity index (χ0n) is 13.2. The predicted molar refractivity (Wildman–Crippen MR) is 86.0 cm³/mol. The zero-order valence-corrected chi connectivity index (χ0v) is 13.2. The van der Waals surface area contributed by atoms with Gasteiger partial charge in [0.1, 0.15) is 0 Å². The van der Waals surface area contributed by atoms with Gasteiger partial charge in [-0.3, -0.25) is 4.68 Å². The van der Waals surface area contributed by atoms with Gasteiger partial charge in [0.05, 0.1) is 11.2 Å².